The molecule has 0 unspecified atom stereocenters. The van der Waals surface area contributed by atoms with Crippen molar-refractivity contribution in [2.75, 3.05) is 11.1 Å². The van der Waals surface area contributed by atoms with Crippen LogP contribution in [0.15, 0.2) is 0 Å². The molecule has 0 aromatic carbocycles. The molecule has 1 aliphatic rings. The van der Waals surface area contributed by atoms with Crippen LogP contribution < -0.4 is 16.0 Å². The zero-order chi connectivity index (χ0) is 7.84. The summed E-state index contributed by atoms with van der Waals surface area (Å²) in [5.74, 6) is 0.569. The number of anilines is 2. The number of nitrogens with one attached hydrogen (secondary N) is 1. The summed E-state index contributed by atoms with van der Waals surface area (Å²) in [6.45, 7) is 0. The fourth-order valence-corrected chi connectivity index (χ4v) is 0.844. The topological polar surface area (TPSA) is 98.2 Å². The van der Waals surface area contributed by atoms with Crippen LogP contribution in [-0.2, 0) is 0 Å². The van der Waals surface area contributed by atoms with Crippen molar-refractivity contribution in [3.63, 3.8) is 0 Å². The fraction of sp³-hybridized carbons (Fsp3) is 0. The van der Waals surface area contributed by atoms with Crippen LogP contribution in [0.4, 0.5) is 17.3 Å². The third-order valence-electron chi connectivity index (χ3n) is 1.30. The van der Waals surface area contributed by atoms with Gasteiger partial charge in [-0.25, -0.2) is 0 Å². The maximum Gasteiger partial charge on any atom is 0.395 e. The van der Waals surface area contributed by atoms with Gasteiger partial charge in [-0.3, -0.25) is 5.32 Å². The number of nitrogens with zero attached hydrogens (tertiary/aromatic N) is 3. The fourth-order valence-electron chi connectivity index (χ4n) is 0.844. The minimum Gasteiger partial charge on any atom is -0.466 e. The standard InChI is InChI=1S/C5H5N5O/c6-3-2-4(8-1-7-2)10-5(11)9-3/h1,7H,(H3,6,9,10,11)/q+1. The quantitative estimate of drug-likeness (QED) is 0.450. The zero-order valence-electron chi connectivity index (χ0n) is 5.44. The summed E-state index contributed by atoms with van der Waals surface area (Å²) < 4.78 is 0. The molecule has 0 saturated heterocycles. The smallest absolute Gasteiger partial charge is 0.395 e. The highest BCUT2D eigenvalue weighted by molar-refractivity contribution is 5.92. The number of nitrogens with two attached hydrogens (primary N) is 1. The Balaban J connectivity index is 2.66. The number of hydrogen-bond acceptors (Lipinski definition) is 6. The van der Waals surface area contributed by atoms with Gasteiger partial charge in [0.2, 0.25) is 12.0 Å². The average molecular weight is 151 g/mol. The van der Waals surface area contributed by atoms with Gasteiger partial charge in [-0.15, -0.1) is 0 Å². The molecule has 0 spiro atoms. The molecule has 6 nitrogen and oxygen atoms in total. The van der Waals surface area contributed by atoms with Gasteiger partial charge in [-0.05, 0) is 4.98 Å². The van der Waals surface area contributed by atoms with Gasteiger partial charge in [0.05, 0.1) is 0 Å². The summed E-state index contributed by atoms with van der Waals surface area (Å²) >= 11 is 0. The van der Waals surface area contributed by atoms with E-state index in [-0.39, 0.29) is 11.8 Å². The van der Waals surface area contributed by atoms with Crippen LogP contribution in [0.3, 0.4) is 0 Å². The Morgan fingerprint density at radius 3 is 3.18 bits per heavy atom. The van der Waals surface area contributed by atoms with Crippen molar-refractivity contribution in [3.8, 4) is 6.01 Å². The van der Waals surface area contributed by atoms with Crippen molar-refractivity contribution in [1.82, 2.24) is 15.0 Å². The van der Waals surface area contributed by atoms with Crippen LogP contribution in [0.2, 0.25) is 0 Å². The number of aromatic nitrogens is 2. The van der Waals surface area contributed by atoms with Crippen LogP contribution in [0, 0.1) is 0 Å². The molecule has 11 heavy (non-hydrogen) atoms. The van der Waals surface area contributed by atoms with Gasteiger partial charge in [0.25, 0.3) is 0 Å². The molecule has 0 bridgehead atoms. The molecule has 2 heterocycles. The van der Waals surface area contributed by atoms with E-state index >= 15 is 0 Å². The van der Waals surface area contributed by atoms with Gasteiger partial charge < -0.3 is 10.8 Å². The second-order valence-electron chi connectivity index (χ2n) is 2.01. The third kappa shape index (κ3) is 0.759. The molecule has 0 amide bonds. The summed E-state index contributed by atoms with van der Waals surface area (Å²) in [6, 6.07) is -0.359. The highest BCUT2D eigenvalue weighted by Crippen LogP contribution is 2.27. The Hall–Kier alpha value is -1.85. The predicted octanol–water partition coefficient (Wildman–Crippen LogP) is -0.815. The van der Waals surface area contributed by atoms with E-state index in [4.69, 9.17) is 10.8 Å². The van der Waals surface area contributed by atoms with Crippen molar-refractivity contribution >= 4 is 23.7 Å². The Kier molecular flexibility index (Phi) is 0.974. The molecule has 1 aromatic rings. The molecule has 4 N–H and O–H groups in total. The van der Waals surface area contributed by atoms with Crippen molar-refractivity contribution in [3.05, 3.63) is 0 Å². The van der Waals surface area contributed by atoms with E-state index in [1.54, 1.807) is 0 Å². The van der Waals surface area contributed by atoms with Crippen molar-refractivity contribution in [2.24, 2.45) is 0 Å². The molecule has 55 valence electrons. The van der Waals surface area contributed by atoms with Gasteiger partial charge in [-0.2, -0.15) is 4.98 Å². The molecule has 2 rings (SSSR count). The Morgan fingerprint density at radius 1 is 1.55 bits per heavy atom. The van der Waals surface area contributed by atoms with Crippen LogP contribution >= 0.6 is 0 Å². The van der Waals surface area contributed by atoms with Gasteiger partial charge in [0.15, 0.2) is 5.82 Å². The average Bonchev–Trinajstić information content (AvgIpc) is 2.34. The molecular formula is C5H5N5O+. The number of aromatic hydroxyl groups is 1. The maximum absolute atomic E-state index is 8.87. The number of rotatable bonds is 0. The van der Waals surface area contributed by atoms with E-state index in [1.165, 1.54) is 6.34 Å². The van der Waals surface area contributed by atoms with E-state index in [9.17, 15) is 0 Å². The van der Waals surface area contributed by atoms with E-state index in [0.717, 1.165) is 0 Å². The SMILES string of the molecule is Nc1nc(O)nc2c1NC=[N+]2. The first kappa shape index (κ1) is 5.90. The molecule has 0 atom stereocenters. The van der Waals surface area contributed by atoms with Gasteiger partial charge in [-0.1, -0.05) is 4.99 Å². The van der Waals surface area contributed by atoms with Crippen molar-refractivity contribution in [1.29, 1.82) is 0 Å². The highest BCUT2D eigenvalue weighted by Gasteiger charge is 2.23. The largest absolute Gasteiger partial charge is 0.466 e. The second-order valence-corrected chi connectivity index (χ2v) is 2.01. The first-order valence-electron chi connectivity index (χ1n) is 2.93. The van der Waals surface area contributed by atoms with Crippen LogP contribution in [0.25, 0.3) is 0 Å². The number of nitrogen functional groups attached to an aromatic ring is 1. The molecule has 0 aliphatic carbocycles. The summed E-state index contributed by atoms with van der Waals surface area (Å²) in [4.78, 5) is 10.9. The van der Waals surface area contributed by atoms with Crippen molar-refractivity contribution < 1.29 is 5.11 Å². The Morgan fingerprint density at radius 2 is 2.36 bits per heavy atom. The van der Waals surface area contributed by atoms with Gasteiger partial charge >= 0.3 is 11.8 Å². The molecular weight excluding hydrogens is 146 g/mol. The second kappa shape index (κ2) is 1.82. The lowest BCUT2D eigenvalue weighted by Crippen LogP contribution is -1.98. The molecule has 0 saturated carbocycles. The number of fused-ring (bicyclic) bond motifs is 1. The van der Waals surface area contributed by atoms with E-state index in [2.05, 4.69) is 20.3 Å². The van der Waals surface area contributed by atoms with E-state index in [1.807, 2.05) is 0 Å². The van der Waals surface area contributed by atoms with Crippen LogP contribution in [0.5, 0.6) is 6.01 Å². The summed E-state index contributed by atoms with van der Waals surface area (Å²) in [5.41, 5.74) is 5.96. The molecule has 0 fully saturated rings. The molecule has 1 aromatic heterocycles. The number of hydrogen-bond donors (Lipinski definition) is 3. The molecule has 1 aliphatic heterocycles. The Bertz CT molecular complexity index is 334. The monoisotopic (exact) mass is 151 g/mol. The minimum absolute atomic E-state index is 0.199. The molecule has 1 radical (unpaired) electrons. The van der Waals surface area contributed by atoms with Crippen LogP contribution in [-0.4, -0.2) is 21.4 Å². The minimum atomic E-state index is -0.359. The lowest BCUT2D eigenvalue weighted by molar-refractivity contribution is 0.432. The lowest BCUT2D eigenvalue weighted by Gasteiger charge is -1.92. The van der Waals surface area contributed by atoms with E-state index in [0.29, 0.717) is 11.5 Å². The normalized spacial score (nSPS) is 12.7. The summed E-state index contributed by atoms with van der Waals surface area (Å²) in [6.07, 6.45) is 1.44. The first-order valence-corrected chi connectivity index (χ1v) is 2.93. The highest BCUT2D eigenvalue weighted by atomic mass is 16.3. The zero-order valence-corrected chi connectivity index (χ0v) is 5.44. The molecule has 6 heteroatoms. The summed E-state index contributed by atoms with van der Waals surface area (Å²) in [7, 11) is 0. The summed E-state index contributed by atoms with van der Waals surface area (Å²) in [5, 5.41) is 11.6. The first-order chi connectivity index (χ1) is 5.27. The van der Waals surface area contributed by atoms with Crippen molar-refractivity contribution in [2.45, 2.75) is 0 Å². The third-order valence-corrected chi connectivity index (χ3v) is 1.30. The lowest BCUT2D eigenvalue weighted by atomic mass is 10.4. The predicted molar refractivity (Wildman–Crippen MR) is 39.6 cm³/mol. The van der Waals surface area contributed by atoms with Gasteiger partial charge in [0.1, 0.15) is 0 Å². The Labute approximate surface area is 61.8 Å². The number of aliphatic imine (C=N–C) groups is 1. The van der Waals surface area contributed by atoms with Crippen LogP contribution in [0.1, 0.15) is 0 Å². The van der Waals surface area contributed by atoms with E-state index < -0.39 is 0 Å². The maximum atomic E-state index is 8.87. The van der Waals surface area contributed by atoms with Gasteiger partial charge in [0, 0.05) is 0 Å².